The second-order valence-electron chi connectivity index (χ2n) is 22.0. The normalized spacial score (nSPS) is 12.1. The van der Waals surface area contributed by atoms with Crippen LogP contribution in [0.2, 0.25) is 5.28 Å². The molecule has 5 nitrogen and oxygen atoms in total. The third kappa shape index (κ3) is 7.94. The molecule has 0 atom stereocenters. The summed E-state index contributed by atoms with van der Waals surface area (Å²) in [5.41, 5.74) is 14.1. The Morgan fingerprint density at radius 3 is 1.40 bits per heavy atom. The summed E-state index contributed by atoms with van der Waals surface area (Å²) in [5, 5.41) is 15.8. The highest BCUT2D eigenvalue weighted by Crippen LogP contribution is 2.52. The number of rotatable bonds is 3. The van der Waals surface area contributed by atoms with E-state index in [1.54, 1.807) is 22.7 Å². The van der Waals surface area contributed by atoms with Crippen molar-refractivity contribution < 1.29 is 0 Å². The van der Waals surface area contributed by atoms with E-state index >= 15 is 0 Å². The second-order valence-corrected chi connectivity index (χ2v) is 26.5. The van der Waals surface area contributed by atoms with Crippen LogP contribution in [-0.4, -0.2) is 24.5 Å². The molecular weight excluding hydrogens is 1160 g/mol. The van der Waals surface area contributed by atoms with Crippen LogP contribution in [0.25, 0.3) is 164 Å². The zero-order valence-corrected chi connectivity index (χ0v) is 50.2. The molecule has 0 bridgehead atoms. The molecule has 19 aromatic rings. The van der Waals surface area contributed by atoms with Gasteiger partial charge < -0.3 is 0 Å². The quantitative estimate of drug-likeness (QED) is 0.165. The number of halogens is 1. The fourth-order valence-electron chi connectivity index (χ4n) is 13.5. The van der Waals surface area contributed by atoms with Crippen molar-refractivity contribution in [2.75, 3.05) is 0 Å². The summed E-state index contributed by atoms with van der Waals surface area (Å²) in [6, 6.07) is 90.5. The summed E-state index contributed by atoms with van der Waals surface area (Å²) in [4.78, 5) is 19.7. The van der Waals surface area contributed by atoms with Crippen molar-refractivity contribution in [1.29, 1.82) is 0 Å². The summed E-state index contributed by atoms with van der Waals surface area (Å²) >= 11 is 13.4. The average Bonchev–Trinajstić information content (AvgIpc) is 1.61. The van der Waals surface area contributed by atoms with Crippen molar-refractivity contribution >= 4 is 181 Å². The summed E-state index contributed by atoms with van der Waals surface area (Å²) < 4.78 is 12.4. The van der Waals surface area contributed by atoms with Crippen LogP contribution in [0.1, 0.15) is 11.1 Å². The number of fused-ring (bicyclic) bond motifs is 26. The molecule has 1 aliphatic carbocycles. The molecule has 0 unspecified atom stereocenters. The molecule has 12 aromatic carbocycles. The largest absolute Gasteiger partial charge is 0.277 e. The molecule has 87 heavy (non-hydrogen) atoms. The lowest BCUT2D eigenvalue weighted by Crippen LogP contribution is -2.03. The maximum Gasteiger partial charge on any atom is 0.235 e. The Hall–Kier alpha value is -9.71. The van der Waals surface area contributed by atoms with Gasteiger partial charge in [-0.25, -0.2) is 19.9 Å². The number of hydrogen-bond donors (Lipinski definition) is 0. The Morgan fingerprint density at radius 2 is 0.770 bits per heavy atom. The fourth-order valence-corrected chi connectivity index (χ4v) is 18.4. The van der Waals surface area contributed by atoms with E-state index in [4.69, 9.17) is 21.6 Å². The highest BCUT2D eigenvalue weighted by Gasteiger charge is 2.27. The molecule has 7 heterocycles. The lowest BCUT2D eigenvalue weighted by molar-refractivity contribution is 1.02. The minimum Gasteiger partial charge on any atom is -0.277 e. The number of benzene rings is 12. The van der Waals surface area contributed by atoms with E-state index in [0.29, 0.717) is 11.2 Å². The van der Waals surface area contributed by atoms with Gasteiger partial charge in [0.05, 0.1) is 42.9 Å². The number of hydrogen-bond acceptors (Lipinski definition) is 8. The van der Waals surface area contributed by atoms with Gasteiger partial charge in [0, 0.05) is 93.2 Å². The first kappa shape index (κ1) is 50.6. The van der Waals surface area contributed by atoms with Gasteiger partial charge in [-0.2, -0.15) is 0 Å². The van der Waals surface area contributed by atoms with Crippen LogP contribution < -0.4 is 0 Å². The number of nitrogens with zero attached hydrogens (tertiary/aromatic N) is 5. The van der Waals surface area contributed by atoms with Gasteiger partial charge in [-0.15, -0.1) is 45.3 Å². The van der Waals surface area contributed by atoms with Crippen LogP contribution in [0, 0.1) is 0 Å². The molecule has 20 rings (SSSR count). The van der Waals surface area contributed by atoms with E-state index in [1.807, 2.05) is 65.1 Å². The van der Waals surface area contributed by atoms with Gasteiger partial charge in [0.25, 0.3) is 0 Å². The lowest BCUT2D eigenvalue weighted by Gasteiger charge is -2.12. The van der Waals surface area contributed by atoms with E-state index in [0.717, 1.165) is 65.8 Å². The van der Waals surface area contributed by atoms with Crippen LogP contribution in [0.4, 0.5) is 0 Å². The molecule has 0 spiro atoms. The molecule has 408 valence electrons. The van der Waals surface area contributed by atoms with E-state index in [-0.39, 0.29) is 0 Å². The van der Waals surface area contributed by atoms with Gasteiger partial charge in [-0.1, -0.05) is 224 Å². The SMILES string of the molecule is Clc1nc(-c2ccccc2)c2sc3ccccc3c2n1.c1ccc(-c2nc(-n3c4ccccc4c4c5c6ccccc6sc5c5ccccc5c43)nc3c2sc2ccccc23)cc1.c1ccc2c(c1)Cc1c-2c2c3ccccc3sc2c2ccccc12. The maximum atomic E-state index is 6.11. The van der Waals surface area contributed by atoms with Crippen LogP contribution >= 0.6 is 56.9 Å². The van der Waals surface area contributed by atoms with Crippen molar-refractivity contribution in [1.82, 2.24) is 24.5 Å². The van der Waals surface area contributed by atoms with Crippen molar-refractivity contribution in [3.63, 3.8) is 0 Å². The van der Waals surface area contributed by atoms with E-state index in [2.05, 4.69) is 227 Å². The summed E-state index contributed by atoms with van der Waals surface area (Å²) in [7, 11) is 0. The second kappa shape index (κ2) is 20.2. The predicted octanol–water partition coefficient (Wildman–Crippen LogP) is 23.1. The Balaban J connectivity index is 0.000000109. The van der Waals surface area contributed by atoms with Gasteiger partial charge in [0.15, 0.2) is 0 Å². The van der Waals surface area contributed by atoms with Crippen molar-refractivity contribution in [2.45, 2.75) is 6.42 Å². The van der Waals surface area contributed by atoms with Crippen molar-refractivity contribution in [2.24, 2.45) is 0 Å². The Morgan fingerprint density at radius 1 is 0.333 bits per heavy atom. The van der Waals surface area contributed by atoms with Crippen LogP contribution in [0.5, 0.6) is 0 Å². The molecule has 0 fully saturated rings. The third-order valence-corrected chi connectivity index (χ3v) is 22.1. The molecule has 0 N–H and O–H groups in total. The van der Waals surface area contributed by atoms with Gasteiger partial charge in [0.2, 0.25) is 11.2 Å². The molecule has 7 aromatic heterocycles. The van der Waals surface area contributed by atoms with Crippen molar-refractivity contribution in [3.05, 3.63) is 271 Å². The zero-order valence-electron chi connectivity index (χ0n) is 46.2. The molecular formula is C77H44ClN5S4. The molecule has 10 heteroatoms. The molecule has 0 amide bonds. The summed E-state index contributed by atoms with van der Waals surface area (Å²) in [6.07, 6.45) is 1.05. The maximum absolute atomic E-state index is 6.11. The number of para-hydroxylation sites is 1. The third-order valence-electron chi connectivity index (χ3n) is 17.1. The van der Waals surface area contributed by atoms with Gasteiger partial charge >= 0.3 is 0 Å². The van der Waals surface area contributed by atoms with Crippen LogP contribution in [0.15, 0.2) is 255 Å². The first-order valence-electron chi connectivity index (χ1n) is 28.9. The Labute approximate surface area is 518 Å². The number of aromatic nitrogens is 5. The average molecular weight is 1200 g/mol. The van der Waals surface area contributed by atoms with Gasteiger partial charge in [0.1, 0.15) is 0 Å². The summed E-state index contributed by atoms with van der Waals surface area (Å²) in [5.74, 6) is 0.699. The molecule has 1 aliphatic rings. The standard InChI is InChI=1S/C38H21N3S2.C23H14S.C16H9ClN2S/c1-2-12-22(13-3-1)33-37-34(27-18-8-11-21-30(27)43-37)40-38(39-33)41-28-19-9-6-16-25(28)31-32-26-17-7-10-20-29(26)42-36(32)24-15-5-4-14-23(24)35(31)41;1-2-8-15-14(7-1)13-19-16-9-3-4-10-17(16)23-22(21(15)19)18-11-5-6-12-20(18)24-23;17-16-18-13(10-6-2-1-3-7-10)15-14(19-16)11-8-4-5-9-12(11)20-15/h1-21H;1-12H,13H2;1-9H. The highest BCUT2D eigenvalue weighted by molar-refractivity contribution is 7.28. The smallest absolute Gasteiger partial charge is 0.235 e. The Bertz CT molecular complexity index is 6020. The van der Waals surface area contributed by atoms with Gasteiger partial charge in [-0.3, -0.25) is 4.57 Å². The Kier molecular flexibility index (Phi) is 11.8. The lowest BCUT2D eigenvalue weighted by atomic mass is 9.94. The van der Waals surface area contributed by atoms with E-state index in [1.165, 1.54) is 110 Å². The zero-order chi connectivity index (χ0) is 57.3. The summed E-state index contributed by atoms with van der Waals surface area (Å²) in [6.45, 7) is 0. The molecule has 0 saturated heterocycles. The van der Waals surface area contributed by atoms with E-state index in [9.17, 15) is 0 Å². The van der Waals surface area contributed by atoms with Gasteiger partial charge in [-0.05, 0) is 81.4 Å². The fraction of sp³-hybridized carbons (Fsp3) is 0.0130. The molecule has 0 aliphatic heterocycles. The molecule has 0 saturated carbocycles. The topological polar surface area (TPSA) is 56.5 Å². The first-order chi connectivity index (χ1) is 43.1. The van der Waals surface area contributed by atoms with Crippen molar-refractivity contribution in [3.8, 4) is 39.6 Å². The van der Waals surface area contributed by atoms with Crippen LogP contribution in [0.3, 0.4) is 0 Å². The highest BCUT2D eigenvalue weighted by atomic mass is 35.5. The minimum atomic E-state index is 0.292. The number of thiophene rings is 4. The van der Waals surface area contributed by atoms with Crippen LogP contribution in [-0.2, 0) is 6.42 Å². The predicted molar refractivity (Wildman–Crippen MR) is 376 cm³/mol. The monoisotopic (exact) mass is 1200 g/mol. The van der Waals surface area contributed by atoms with E-state index < -0.39 is 0 Å². The molecule has 0 radical (unpaired) electrons. The first-order valence-corrected chi connectivity index (χ1v) is 32.6. The minimum absolute atomic E-state index is 0.292.